The van der Waals surface area contributed by atoms with E-state index in [2.05, 4.69) is 4.90 Å². The van der Waals surface area contributed by atoms with E-state index in [9.17, 15) is 13.2 Å². The van der Waals surface area contributed by atoms with Gasteiger partial charge in [0.15, 0.2) is 11.5 Å². The zero-order valence-electron chi connectivity index (χ0n) is 18.7. The van der Waals surface area contributed by atoms with E-state index in [-0.39, 0.29) is 5.91 Å². The van der Waals surface area contributed by atoms with Gasteiger partial charge >= 0.3 is 0 Å². The van der Waals surface area contributed by atoms with Gasteiger partial charge in [-0.1, -0.05) is 6.07 Å². The molecule has 0 aromatic heterocycles. The third-order valence-electron chi connectivity index (χ3n) is 6.09. The van der Waals surface area contributed by atoms with Gasteiger partial charge in [0, 0.05) is 44.8 Å². The van der Waals surface area contributed by atoms with Gasteiger partial charge in [0.1, 0.15) is 0 Å². The number of carbonyl (C=O) groups excluding carboxylic acids is 1. The first-order chi connectivity index (χ1) is 15.3. The van der Waals surface area contributed by atoms with Crippen LogP contribution in [0.4, 0.5) is 5.69 Å². The Morgan fingerprint density at radius 2 is 1.66 bits per heavy atom. The van der Waals surface area contributed by atoms with Crippen LogP contribution in [-0.4, -0.2) is 77.3 Å². The van der Waals surface area contributed by atoms with Crippen LogP contribution in [0.3, 0.4) is 0 Å². The van der Waals surface area contributed by atoms with Crippen molar-refractivity contribution in [2.24, 2.45) is 0 Å². The normalized spacial score (nSPS) is 16.7. The van der Waals surface area contributed by atoms with Crippen molar-refractivity contribution in [3.8, 4) is 11.5 Å². The molecule has 0 N–H and O–H groups in total. The Morgan fingerprint density at radius 1 is 0.938 bits per heavy atom. The summed E-state index contributed by atoms with van der Waals surface area (Å²) in [6.45, 7) is 4.08. The molecule has 1 fully saturated rings. The zero-order chi connectivity index (χ0) is 22.9. The number of amides is 1. The van der Waals surface area contributed by atoms with Gasteiger partial charge in [-0.05, 0) is 47.9 Å². The Hall–Kier alpha value is -2.78. The minimum absolute atomic E-state index is 0.00336. The molecular weight excluding hydrogens is 430 g/mol. The average molecular weight is 460 g/mol. The number of hydrogen-bond acceptors (Lipinski definition) is 6. The van der Waals surface area contributed by atoms with E-state index in [1.54, 1.807) is 26.4 Å². The fraction of sp³-hybridized carbons (Fsp3) is 0.435. The molecule has 0 bridgehead atoms. The molecule has 0 spiro atoms. The second-order valence-corrected chi connectivity index (χ2v) is 10.1. The molecule has 0 radical (unpaired) electrons. The highest BCUT2D eigenvalue weighted by Gasteiger charge is 2.28. The number of nitrogens with zero attached hydrogens (tertiary/aromatic N) is 3. The standard InChI is InChI=1S/C23H29N3O5S/c1-30-21-7-4-17(14-22(21)31-2)16-24-10-12-25(13-11-24)23(27)19-5-6-20-18(15-19)8-9-26(20)32(3,28)29/h4-7,14-15H,8-13,16H2,1-3H3. The fourth-order valence-corrected chi connectivity index (χ4v) is 5.34. The first-order valence-corrected chi connectivity index (χ1v) is 12.5. The Morgan fingerprint density at radius 3 is 2.31 bits per heavy atom. The Kier molecular flexibility index (Phi) is 6.30. The lowest BCUT2D eigenvalue weighted by Gasteiger charge is -2.35. The molecule has 0 aliphatic carbocycles. The fourth-order valence-electron chi connectivity index (χ4n) is 4.38. The molecule has 4 rings (SSSR count). The number of anilines is 1. The molecule has 2 aliphatic heterocycles. The molecule has 9 heteroatoms. The highest BCUT2D eigenvalue weighted by Crippen LogP contribution is 2.31. The van der Waals surface area contributed by atoms with E-state index >= 15 is 0 Å². The summed E-state index contributed by atoms with van der Waals surface area (Å²) in [6, 6.07) is 11.3. The number of methoxy groups -OCH3 is 2. The molecular formula is C23H29N3O5S. The molecule has 2 aromatic carbocycles. The number of benzene rings is 2. The lowest BCUT2D eigenvalue weighted by Crippen LogP contribution is -2.48. The Labute approximate surface area is 189 Å². The Bertz CT molecular complexity index is 1110. The second-order valence-electron chi connectivity index (χ2n) is 8.19. The average Bonchev–Trinajstić information content (AvgIpc) is 3.23. The topological polar surface area (TPSA) is 79.4 Å². The first-order valence-electron chi connectivity index (χ1n) is 10.6. The maximum atomic E-state index is 13.0. The molecule has 0 unspecified atom stereocenters. The van der Waals surface area contributed by atoms with Gasteiger partial charge in [-0.3, -0.25) is 14.0 Å². The van der Waals surface area contributed by atoms with Crippen LogP contribution < -0.4 is 13.8 Å². The van der Waals surface area contributed by atoms with Gasteiger partial charge < -0.3 is 14.4 Å². The van der Waals surface area contributed by atoms with Gasteiger partial charge in [-0.25, -0.2) is 8.42 Å². The van der Waals surface area contributed by atoms with Crippen molar-refractivity contribution >= 4 is 21.6 Å². The maximum Gasteiger partial charge on any atom is 0.253 e. The van der Waals surface area contributed by atoms with Crippen LogP contribution in [0.15, 0.2) is 36.4 Å². The van der Waals surface area contributed by atoms with Crippen LogP contribution in [0.1, 0.15) is 21.5 Å². The monoisotopic (exact) mass is 459 g/mol. The van der Waals surface area contributed by atoms with E-state index < -0.39 is 10.0 Å². The van der Waals surface area contributed by atoms with Gasteiger partial charge in [-0.2, -0.15) is 0 Å². The molecule has 1 saturated heterocycles. The van der Waals surface area contributed by atoms with Gasteiger partial charge in [0.05, 0.1) is 26.2 Å². The quantitative estimate of drug-likeness (QED) is 0.657. The predicted molar refractivity (Wildman–Crippen MR) is 123 cm³/mol. The summed E-state index contributed by atoms with van der Waals surface area (Å²) in [5, 5.41) is 0. The highest BCUT2D eigenvalue weighted by atomic mass is 32.2. The zero-order valence-corrected chi connectivity index (χ0v) is 19.5. The minimum atomic E-state index is -3.29. The number of sulfonamides is 1. The first kappa shape index (κ1) is 22.4. The Balaban J connectivity index is 1.37. The molecule has 2 aliphatic rings. The van der Waals surface area contributed by atoms with Crippen molar-refractivity contribution in [3.05, 3.63) is 53.1 Å². The molecule has 2 aromatic rings. The summed E-state index contributed by atoms with van der Waals surface area (Å²) in [5.74, 6) is 1.42. The van der Waals surface area contributed by atoms with Crippen molar-refractivity contribution < 1.29 is 22.7 Å². The number of carbonyl (C=O) groups is 1. The second kappa shape index (κ2) is 8.99. The highest BCUT2D eigenvalue weighted by molar-refractivity contribution is 7.92. The molecule has 1 amide bonds. The maximum absolute atomic E-state index is 13.0. The van der Waals surface area contributed by atoms with Gasteiger partial charge in [-0.15, -0.1) is 0 Å². The predicted octanol–water partition coefficient (Wildman–Crippen LogP) is 1.98. The summed E-state index contributed by atoms with van der Waals surface area (Å²) >= 11 is 0. The van der Waals surface area contributed by atoms with E-state index in [0.717, 1.165) is 30.8 Å². The van der Waals surface area contributed by atoms with Crippen LogP contribution in [0.5, 0.6) is 11.5 Å². The van der Waals surface area contributed by atoms with Crippen LogP contribution in [0.2, 0.25) is 0 Å². The third kappa shape index (κ3) is 4.54. The van der Waals surface area contributed by atoms with Crippen LogP contribution >= 0.6 is 0 Å². The summed E-state index contributed by atoms with van der Waals surface area (Å²) in [7, 11) is -0.0423. The SMILES string of the molecule is COc1ccc(CN2CCN(C(=O)c3ccc4c(c3)CCN4S(C)(=O)=O)CC2)cc1OC. The smallest absolute Gasteiger partial charge is 0.253 e. The van der Waals surface area contributed by atoms with E-state index in [1.165, 1.54) is 10.6 Å². The summed E-state index contributed by atoms with van der Waals surface area (Å²) in [6.07, 6.45) is 1.84. The van der Waals surface area contributed by atoms with E-state index in [4.69, 9.17) is 9.47 Å². The van der Waals surface area contributed by atoms with Crippen molar-refractivity contribution in [2.75, 3.05) is 57.5 Å². The molecule has 2 heterocycles. The lowest BCUT2D eigenvalue weighted by molar-refractivity contribution is 0.0628. The van der Waals surface area contributed by atoms with Crippen molar-refractivity contribution in [1.29, 1.82) is 0 Å². The van der Waals surface area contributed by atoms with E-state index in [0.29, 0.717) is 48.8 Å². The van der Waals surface area contributed by atoms with Crippen molar-refractivity contribution in [1.82, 2.24) is 9.80 Å². The number of ether oxygens (including phenoxy) is 2. The molecule has 32 heavy (non-hydrogen) atoms. The molecule has 172 valence electrons. The summed E-state index contributed by atoms with van der Waals surface area (Å²) in [5.41, 5.74) is 3.35. The molecule has 0 atom stereocenters. The summed E-state index contributed by atoms with van der Waals surface area (Å²) < 4.78 is 35.9. The van der Waals surface area contributed by atoms with Crippen molar-refractivity contribution in [3.63, 3.8) is 0 Å². The largest absolute Gasteiger partial charge is 0.493 e. The van der Waals surface area contributed by atoms with Crippen LogP contribution in [0, 0.1) is 0 Å². The number of rotatable bonds is 6. The van der Waals surface area contributed by atoms with Crippen LogP contribution in [-0.2, 0) is 23.0 Å². The number of piperazine rings is 1. The van der Waals surface area contributed by atoms with Gasteiger partial charge in [0.2, 0.25) is 10.0 Å². The molecule has 8 nitrogen and oxygen atoms in total. The number of hydrogen-bond donors (Lipinski definition) is 0. The number of fused-ring (bicyclic) bond motifs is 1. The van der Waals surface area contributed by atoms with Crippen LogP contribution in [0.25, 0.3) is 0 Å². The van der Waals surface area contributed by atoms with Gasteiger partial charge in [0.25, 0.3) is 5.91 Å². The summed E-state index contributed by atoms with van der Waals surface area (Å²) in [4.78, 5) is 17.2. The van der Waals surface area contributed by atoms with E-state index in [1.807, 2.05) is 29.2 Å². The minimum Gasteiger partial charge on any atom is -0.493 e. The van der Waals surface area contributed by atoms with Crippen molar-refractivity contribution in [2.45, 2.75) is 13.0 Å². The molecule has 0 saturated carbocycles. The third-order valence-corrected chi connectivity index (χ3v) is 7.27. The lowest BCUT2D eigenvalue weighted by atomic mass is 10.1.